The lowest BCUT2D eigenvalue weighted by molar-refractivity contribution is -0.144. The van der Waals surface area contributed by atoms with Crippen LogP contribution in [0.4, 0.5) is 0 Å². The topological polar surface area (TPSA) is 38.3 Å². The lowest BCUT2D eigenvalue weighted by Gasteiger charge is -2.24. The van der Waals surface area contributed by atoms with Gasteiger partial charge in [0.25, 0.3) is 0 Å². The number of carbonyl (C=O) groups is 1. The highest BCUT2D eigenvalue weighted by molar-refractivity contribution is 7.82. The Morgan fingerprint density at radius 1 is 1.69 bits per heavy atom. The van der Waals surface area contributed by atoms with Crippen molar-refractivity contribution in [1.29, 1.82) is 0 Å². The zero-order valence-electron chi connectivity index (χ0n) is 7.06. The fraction of sp³-hybridized carbons (Fsp3) is 0.222. The van der Waals surface area contributed by atoms with E-state index in [1.807, 2.05) is 0 Å². The van der Waals surface area contributed by atoms with Gasteiger partial charge in [0.2, 0.25) is 0 Å². The third-order valence-corrected chi connectivity index (χ3v) is 1.95. The van der Waals surface area contributed by atoms with Gasteiger partial charge in [-0.1, -0.05) is 18.7 Å². The van der Waals surface area contributed by atoms with E-state index in [0.717, 1.165) is 0 Å². The summed E-state index contributed by atoms with van der Waals surface area (Å²) in [5.41, 5.74) is 0. The van der Waals surface area contributed by atoms with Gasteiger partial charge in [-0.05, 0) is 18.4 Å². The second-order valence-electron chi connectivity index (χ2n) is 2.52. The fourth-order valence-electron chi connectivity index (χ4n) is 0.845. The molecule has 1 unspecified atom stereocenters. The third kappa shape index (κ3) is 2.39. The first-order valence-corrected chi connectivity index (χ1v) is 4.26. The summed E-state index contributed by atoms with van der Waals surface area (Å²) in [5.74, 6) is -0.434. The first-order chi connectivity index (χ1) is 6.19. The van der Waals surface area contributed by atoms with Crippen LogP contribution in [0.5, 0.6) is 0 Å². The van der Waals surface area contributed by atoms with Crippen LogP contribution in [-0.2, 0) is 9.53 Å². The van der Waals surface area contributed by atoms with Crippen LogP contribution in [0.1, 0.15) is 0 Å². The molecule has 1 atom stereocenters. The second-order valence-corrected chi connectivity index (χ2v) is 3.22. The van der Waals surface area contributed by atoms with Crippen molar-refractivity contribution < 1.29 is 9.53 Å². The maximum atomic E-state index is 11.4. The van der Waals surface area contributed by atoms with Crippen molar-refractivity contribution in [3.05, 3.63) is 37.1 Å². The molecule has 0 bridgehead atoms. The van der Waals surface area contributed by atoms with Gasteiger partial charge in [-0.25, -0.2) is 4.79 Å². The predicted molar refractivity (Wildman–Crippen MR) is 54.3 cm³/mol. The van der Waals surface area contributed by atoms with Crippen LogP contribution in [-0.4, -0.2) is 17.4 Å². The Balaban J connectivity index is 2.59. The van der Waals surface area contributed by atoms with E-state index in [1.165, 1.54) is 6.08 Å². The number of carbonyl (C=O) groups excluding carboxylic acids is 1. The molecule has 0 amide bonds. The Hall–Kier alpha value is -1.16. The molecule has 0 radical (unpaired) electrons. The number of hydrogen-bond donors (Lipinski definition) is 2. The second kappa shape index (κ2) is 4.18. The first-order valence-electron chi connectivity index (χ1n) is 3.81. The van der Waals surface area contributed by atoms with E-state index in [4.69, 9.17) is 4.74 Å². The van der Waals surface area contributed by atoms with Gasteiger partial charge in [-0.3, -0.25) is 0 Å². The molecule has 0 aromatic rings. The van der Waals surface area contributed by atoms with Crippen LogP contribution in [0, 0.1) is 0 Å². The highest BCUT2D eigenvalue weighted by Crippen LogP contribution is 2.17. The van der Waals surface area contributed by atoms with E-state index in [2.05, 4.69) is 24.5 Å². The van der Waals surface area contributed by atoms with Gasteiger partial charge in [0.15, 0.2) is 4.87 Å². The average Bonchev–Trinajstić information content (AvgIpc) is 2.15. The van der Waals surface area contributed by atoms with Gasteiger partial charge in [0, 0.05) is 0 Å². The van der Waals surface area contributed by atoms with Crippen LogP contribution < -0.4 is 5.32 Å². The Morgan fingerprint density at radius 3 is 3.00 bits per heavy atom. The smallest absolute Gasteiger partial charge is 0.346 e. The van der Waals surface area contributed by atoms with Gasteiger partial charge >= 0.3 is 5.97 Å². The van der Waals surface area contributed by atoms with Crippen molar-refractivity contribution in [3.63, 3.8) is 0 Å². The molecule has 0 saturated heterocycles. The normalized spacial score (nSPS) is 25.0. The molecular weight excluding hydrogens is 186 g/mol. The van der Waals surface area contributed by atoms with Gasteiger partial charge < -0.3 is 10.1 Å². The molecule has 3 nitrogen and oxygen atoms in total. The molecule has 1 aliphatic rings. The summed E-state index contributed by atoms with van der Waals surface area (Å²) in [5, 5.41) is 2.79. The molecule has 1 heterocycles. The zero-order chi connectivity index (χ0) is 9.73. The fourth-order valence-corrected chi connectivity index (χ4v) is 1.07. The molecule has 1 aliphatic heterocycles. The summed E-state index contributed by atoms with van der Waals surface area (Å²) in [6.07, 6.45) is 8.29. The minimum Gasteiger partial charge on any atom is -0.459 e. The van der Waals surface area contributed by atoms with Crippen LogP contribution >= 0.6 is 12.6 Å². The Morgan fingerprint density at radius 2 is 2.46 bits per heavy atom. The monoisotopic (exact) mass is 197 g/mol. The van der Waals surface area contributed by atoms with Gasteiger partial charge in [0.1, 0.15) is 6.61 Å². The number of ether oxygens (including phenoxy) is 1. The van der Waals surface area contributed by atoms with Gasteiger partial charge in [0.05, 0.1) is 0 Å². The standard InChI is InChI=1S/C9H11NO2S/c1-2-7-12-8(11)9(13)5-3-4-6-10-9/h2-6,10,13H,1,7H2. The SMILES string of the molecule is C=CCOC(=O)C1(S)C=CC=CN1. The van der Waals surface area contributed by atoms with E-state index >= 15 is 0 Å². The minimum absolute atomic E-state index is 0.195. The van der Waals surface area contributed by atoms with E-state index in [1.54, 1.807) is 24.4 Å². The number of allylic oxidation sites excluding steroid dienone is 2. The molecule has 4 heteroatoms. The Bertz CT molecular complexity index is 273. The maximum Gasteiger partial charge on any atom is 0.346 e. The van der Waals surface area contributed by atoms with Crippen molar-refractivity contribution in [2.45, 2.75) is 4.87 Å². The van der Waals surface area contributed by atoms with Crippen molar-refractivity contribution >= 4 is 18.6 Å². The summed E-state index contributed by atoms with van der Waals surface area (Å²) in [4.78, 5) is 10.3. The molecule has 1 N–H and O–H groups in total. The lowest BCUT2D eigenvalue weighted by atomic mass is 10.2. The molecule has 0 spiro atoms. The predicted octanol–water partition coefficient (Wildman–Crippen LogP) is 1.01. The molecule has 0 aromatic carbocycles. The largest absolute Gasteiger partial charge is 0.459 e. The van der Waals surface area contributed by atoms with Crippen molar-refractivity contribution in [1.82, 2.24) is 5.32 Å². The molecule has 0 fully saturated rings. The zero-order valence-corrected chi connectivity index (χ0v) is 7.96. The van der Waals surface area contributed by atoms with Crippen LogP contribution in [0.2, 0.25) is 0 Å². The lowest BCUT2D eigenvalue weighted by Crippen LogP contribution is -2.44. The number of nitrogens with one attached hydrogen (secondary N) is 1. The summed E-state index contributed by atoms with van der Waals surface area (Å²) < 4.78 is 4.85. The Kier molecular flexibility index (Phi) is 3.19. The van der Waals surface area contributed by atoms with Crippen molar-refractivity contribution in [2.75, 3.05) is 6.61 Å². The molecule has 13 heavy (non-hydrogen) atoms. The average molecular weight is 197 g/mol. The van der Waals surface area contributed by atoms with Gasteiger partial charge in [-0.15, -0.1) is 12.6 Å². The Labute approximate surface area is 82.6 Å². The minimum atomic E-state index is -1.04. The summed E-state index contributed by atoms with van der Waals surface area (Å²) in [6, 6.07) is 0. The number of dihydropyridines is 1. The van der Waals surface area contributed by atoms with Crippen LogP contribution in [0.3, 0.4) is 0 Å². The summed E-state index contributed by atoms with van der Waals surface area (Å²) in [7, 11) is 0. The summed E-state index contributed by atoms with van der Waals surface area (Å²) >= 11 is 4.16. The van der Waals surface area contributed by atoms with Crippen LogP contribution in [0.25, 0.3) is 0 Å². The van der Waals surface area contributed by atoms with E-state index in [0.29, 0.717) is 0 Å². The van der Waals surface area contributed by atoms with E-state index < -0.39 is 10.8 Å². The van der Waals surface area contributed by atoms with Crippen molar-refractivity contribution in [2.24, 2.45) is 0 Å². The molecular formula is C9H11NO2S. The van der Waals surface area contributed by atoms with Crippen molar-refractivity contribution in [3.8, 4) is 0 Å². The maximum absolute atomic E-state index is 11.4. The number of rotatable bonds is 3. The quantitative estimate of drug-likeness (QED) is 0.403. The third-order valence-electron chi connectivity index (χ3n) is 1.49. The van der Waals surface area contributed by atoms with Crippen LogP contribution in [0.15, 0.2) is 37.1 Å². The summed E-state index contributed by atoms with van der Waals surface area (Å²) in [6.45, 7) is 3.64. The molecule has 0 saturated carbocycles. The first kappa shape index (κ1) is 9.92. The number of esters is 1. The van der Waals surface area contributed by atoms with E-state index in [9.17, 15) is 4.79 Å². The highest BCUT2D eigenvalue weighted by Gasteiger charge is 2.32. The highest BCUT2D eigenvalue weighted by atomic mass is 32.1. The van der Waals surface area contributed by atoms with E-state index in [-0.39, 0.29) is 6.61 Å². The molecule has 70 valence electrons. The molecule has 0 aromatic heterocycles. The number of thiol groups is 1. The number of hydrogen-bond acceptors (Lipinski definition) is 4. The van der Waals surface area contributed by atoms with Gasteiger partial charge in [-0.2, -0.15) is 0 Å². The molecule has 0 aliphatic carbocycles. The molecule has 1 rings (SSSR count).